The van der Waals surface area contributed by atoms with Gasteiger partial charge < -0.3 is 20.3 Å². The van der Waals surface area contributed by atoms with Gasteiger partial charge >= 0.3 is 0 Å². The van der Waals surface area contributed by atoms with E-state index in [1.807, 2.05) is 29.2 Å². The Kier molecular flexibility index (Phi) is 5.77. The molecule has 1 heterocycles. The largest absolute Gasteiger partial charge is 0.378 e. The molecule has 22 heavy (non-hydrogen) atoms. The highest BCUT2D eigenvalue weighted by molar-refractivity contribution is 5.94. The van der Waals surface area contributed by atoms with Crippen molar-refractivity contribution >= 4 is 11.9 Å². The van der Waals surface area contributed by atoms with Crippen molar-refractivity contribution in [3.8, 4) is 0 Å². The van der Waals surface area contributed by atoms with Gasteiger partial charge in [0.1, 0.15) is 0 Å². The monoisotopic (exact) mass is 304 g/mol. The molecule has 2 N–H and O–H groups in total. The molecular weight excluding hydrogens is 280 g/mol. The van der Waals surface area contributed by atoms with Gasteiger partial charge in [-0.1, -0.05) is 12.1 Å². The molecule has 6 heteroatoms. The van der Waals surface area contributed by atoms with Crippen molar-refractivity contribution in [1.29, 1.82) is 0 Å². The van der Waals surface area contributed by atoms with Gasteiger partial charge in [0.25, 0.3) is 5.91 Å². The van der Waals surface area contributed by atoms with Crippen LogP contribution in [0.3, 0.4) is 0 Å². The SMILES string of the molecule is CN(C)C(=O)c1cccc(CCN=C(N)N2CCOCC2)c1. The third kappa shape index (κ3) is 4.46. The van der Waals surface area contributed by atoms with Gasteiger partial charge in [-0.05, 0) is 24.1 Å². The van der Waals surface area contributed by atoms with Crippen LogP contribution in [0.1, 0.15) is 15.9 Å². The van der Waals surface area contributed by atoms with Crippen LogP contribution in [0.4, 0.5) is 0 Å². The summed E-state index contributed by atoms with van der Waals surface area (Å²) in [6, 6.07) is 7.66. The van der Waals surface area contributed by atoms with Crippen LogP contribution in [-0.2, 0) is 11.2 Å². The number of aliphatic imine (C=N–C) groups is 1. The van der Waals surface area contributed by atoms with Gasteiger partial charge in [-0.25, -0.2) is 0 Å². The normalized spacial score (nSPS) is 15.7. The second-order valence-electron chi connectivity index (χ2n) is 5.49. The number of guanidine groups is 1. The van der Waals surface area contributed by atoms with Gasteiger partial charge in [-0.3, -0.25) is 9.79 Å². The summed E-state index contributed by atoms with van der Waals surface area (Å²) in [4.78, 5) is 20.0. The summed E-state index contributed by atoms with van der Waals surface area (Å²) in [5, 5.41) is 0. The van der Waals surface area contributed by atoms with Crippen LogP contribution in [-0.4, -0.2) is 68.6 Å². The molecule has 0 unspecified atom stereocenters. The minimum absolute atomic E-state index is 0.0122. The van der Waals surface area contributed by atoms with E-state index >= 15 is 0 Å². The maximum Gasteiger partial charge on any atom is 0.253 e. The van der Waals surface area contributed by atoms with Crippen LogP contribution >= 0.6 is 0 Å². The van der Waals surface area contributed by atoms with Gasteiger partial charge in [0.15, 0.2) is 5.96 Å². The summed E-state index contributed by atoms with van der Waals surface area (Å²) >= 11 is 0. The molecule has 1 aliphatic rings. The first kappa shape index (κ1) is 16.3. The molecule has 0 saturated carbocycles. The molecule has 1 saturated heterocycles. The summed E-state index contributed by atoms with van der Waals surface area (Å²) in [6.45, 7) is 3.60. The Morgan fingerprint density at radius 2 is 2.09 bits per heavy atom. The molecule has 0 aromatic heterocycles. The second-order valence-corrected chi connectivity index (χ2v) is 5.49. The fourth-order valence-electron chi connectivity index (χ4n) is 2.31. The van der Waals surface area contributed by atoms with Gasteiger partial charge in [-0.15, -0.1) is 0 Å². The first-order chi connectivity index (χ1) is 10.6. The molecule has 1 aliphatic heterocycles. The molecule has 0 spiro atoms. The molecule has 6 nitrogen and oxygen atoms in total. The van der Waals surface area contributed by atoms with E-state index in [0.717, 1.165) is 25.1 Å². The third-order valence-electron chi connectivity index (χ3n) is 3.59. The predicted molar refractivity (Wildman–Crippen MR) is 87.0 cm³/mol. The number of hydrogen-bond donors (Lipinski definition) is 1. The number of amides is 1. The molecule has 1 fully saturated rings. The summed E-state index contributed by atoms with van der Waals surface area (Å²) in [6.07, 6.45) is 0.763. The summed E-state index contributed by atoms with van der Waals surface area (Å²) < 4.78 is 5.29. The van der Waals surface area contributed by atoms with Crippen molar-refractivity contribution in [3.63, 3.8) is 0 Å². The number of ether oxygens (including phenoxy) is 1. The van der Waals surface area contributed by atoms with Crippen LogP contribution in [0.2, 0.25) is 0 Å². The number of benzene rings is 1. The van der Waals surface area contributed by atoms with Crippen LogP contribution in [0.15, 0.2) is 29.3 Å². The lowest BCUT2D eigenvalue weighted by molar-refractivity contribution is 0.0674. The Balaban J connectivity index is 1.91. The Morgan fingerprint density at radius 3 is 2.77 bits per heavy atom. The Labute approximate surface area is 131 Å². The fourth-order valence-corrected chi connectivity index (χ4v) is 2.31. The smallest absolute Gasteiger partial charge is 0.253 e. The lowest BCUT2D eigenvalue weighted by Crippen LogP contribution is -2.44. The van der Waals surface area contributed by atoms with E-state index in [1.54, 1.807) is 19.0 Å². The summed E-state index contributed by atoms with van der Waals surface area (Å²) in [5.41, 5.74) is 7.78. The molecule has 0 radical (unpaired) electrons. The molecule has 1 aromatic carbocycles. The van der Waals surface area contributed by atoms with E-state index < -0.39 is 0 Å². The lowest BCUT2D eigenvalue weighted by Gasteiger charge is -2.27. The highest BCUT2D eigenvalue weighted by Gasteiger charge is 2.12. The maximum absolute atomic E-state index is 11.9. The van der Waals surface area contributed by atoms with Crippen molar-refractivity contribution in [3.05, 3.63) is 35.4 Å². The molecule has 1 aromatic rings. The minimum atomic E-state index is 0.0122. The van der Waals surface area contributed by atoms with Crippen molar-refractivity contribution in [2.45, 2.75) is 6.42 Å². The molecule has 120 valence electrons. The highest BCUT2D eigenvalue weighted by atomic mass is 16.5. The summed E-state index contributed by atoms with van der Waals surface area (Å²) in [5.74, 6) is 0.585. The average Bonchev–Trinajstić information content (AvgIpc) is 2.55. The third-order valence-corrected chi connectivity index (χ3v) is 3.59. The van der Waals surface area contributed by atoms with E-state index in [4.69, 9.17) is 10.5 Å². The molecule has 2 rings (SSSR count). The van der Waals surface area contributed by atoms with E-state index in [1.165, 1.54) is 0 Å². The van der Waals surface area contributed by atoms with Crippen molar-refractivity contribution in [1.82, 2.24) is 9.80 Å². The number of hydrogen-bond acceptors (Lipinski definition) is 3. The van der Waals surface area contributed by atoms with Gasteiger partial charge in [-0.2, -0.15) is 0 Å². The minimum Gasteiger partial charge on any atom is -0.378 e. The number of nitrogens with zero attached hydrogens (tertiary/aromatic N) is 3. The molecule has 0 atom stereocenters. The van der Waals surface area contributed by atoms with Gasteiger partial charge in [0.05, 0.1) is 13.2 Å². The zero-order chi connectivity index (χ0) is 15.9. The Hall–Kier alpha value is -2.08. The highest BCUT2D eigenvalue weighted by Crippen LogP contribution is 2.08. The molecular formula is C16H24N4O2. The predicted octanol–water partition coefficient (Wildman–Crippen LogP) is 0.578. The van der Waals surface area contributed by atoms with E-state index in [9.17, 15) is 4.79 Å². The second kappa shape index (κ2) is 7.79. The standard InChI is InChI=1S/C16H24N4O2/c1-19(2)15(21)14-5-3-4-13(12-14)6-7-18-16(17)20-8-10-22-11-9-20/h3-5,12H,6-11H2,1-2H3,(H2,17,18). The average molecular weight is 304 g/mol. The van der Waals surface area contributed by atoms with E-state index in [2.05, 4.69) is 4.99 Å². The molecule has 0 bridgehead atoms. The topological polar surface area (TPSA) is 71.2 Å². The quantitative estimate of drug-likeness (QED) is 0.652. The van der Waals surface area contributed by atoms with E-state index in [0.29, 0.717) is 31.3 Å². The first-order valence-corrected chi connectivity index (χ1v) is 7.51. The number of carbonyl (C=O) groups excluding carboxylic acids is 1. The Bertz CT molecular complexity index is 537. The summed E-state index contributed by atoms with van der Waals surface area (Å²) in [7, 11) is 3.50. The molecule has 0 aliphatic carbocycles. The zero-order valence-electron chi connectivity index (χ0n) is 13.3. The Morgan fingerprint density at radius 1 is 1.36 bits per heavy atom. The number of carbonyl (C=O) groups is 1. The van der Waals surface area contributed by atoms with Crippen LogP contribution in [0.25, 0.3) is 0 Å². The van der Waals surface area contributed by atoms with Crippen LogP contribution < -0.4 is 5.73 Å². The zero-order valence-corrected chi connectivity index (χ0v) is 13.3. The van der Waals surface area contributed by atoms with Gasteiger partial charge in [0, 0.05) is 39.3 Å². The van der Waals surface area contributed by atoms with Crippen LogP contribution in [0, 0.1) is 0 Å². The number of rotatable bonds is 4. The van der Waals surface area contributed by atoms with Crippen molar-refractivity contribution < 1.29 is 9.53 Å². The van der Waals surface area contributed by atoms with Gasteiger partial charge in [0.2, 0.25) is 0 Å². The number of morpholine rings is 1. The molecule has 1 amide bonds. The fraction of sp³-hybridized carbons (Fsp3) is 0.500. The van der Waals surface area contributed by atoms with Crippen molar-refractivity contribution in [2.24, 2.45) is 10.7 Å². The first-order valence-electron chi connectivity index (χ1n) is 7.51. The lowest BCUT2D eigenvalue weighted by atomic mass is 10.1. The van der Waals surface area contributed by atoms with E-state index in [-0.39, 0.29) is 5.91 Å². The maximum atomic E-state index is 11.9. The van der Waals surface area contributed by atoms with Crippen LogP contribution in [0.5, 0.6) is 0 Å². The van der Waals surface area contributed by atoms with Crippen molar-refractivity contribution in [2.75, 3.05) is 46.9 Å². The number of nitrogens with two attached hydrogens (primary N) is 1.